The van der Waals surface area contributed by atoms with Crippen molar-refractivity contribution < 1.29 is 9.18 Å². The molecule has 0 saturated carbocycles. The lowest BCUT2D eigenvalue weighted by Gasteiger charge is -2.38. The SMILES string of the molecule is CCN1CCC2(CCN(Cc3ccc(F)cc3)CC2)C1=O. The van der Waals surface area contributed by atoms with Gasteiger partial charge in [0.05, 0.1) is 5.41 Å². The summed E-state index contributed by atoms with van der Waals surface area (Å²) in [5.41, 5.74) is 1.05. The molecule has 2 saturated heterocycles. The van der Waals surface area contributed by atoms with Crippen molar-refractivity contribution in [1.82, 2.24) is 9.80 Å². The molecule has 1 amide bonds. The molecular weight excluding hydrogens is 267 g/mol. The summed E-state index contributed by atoms with van der Waals surface area (Å²) in [5, 5.41) is 0. The number of rotatable bonds is 3. The summed E-state index contributed by atoms with van der Waals surface area (Å²) in [4.78, 5) is 16.9. The summed E-state index contributed by atoms with van der Waals surface area (Å²) in [7, 11) is 0. The molecule has 2 fully saturated rings. The van der Waals surface area contributed by atoms with Gasteiger partial charge >= 0.3 is 0 Å². The predicted molar refractivity (Wildman–Crippen MR) is 80.2 cm³/mol. The van der Waals surface area contributed by atoms with Crippen molar-refractivity contribution in [3.63, 3.8) is 0 Å². The highest BCUT2D eigenvalue weighted by Crippen LogP contribution is 2.41. The molecule has 2 heterocycles. The van der Waals surface area contributed by atoms with Crippen LogP contribution < -0.4 is 0 Å². The van der Waals surface area contributed by atoms with Crippen LogP contribution in [0.25, 0.3) is 0 Å². The Morgan fingerprint density at radius 3 is 2.29 bits per heavy atom. The predicted octanol–water partition coefficient (Wildman–Crippen LogP) is 2.66. The zero-order chi connectivity index (χ0) is 14.9. The summed E-state index contributed by atoms with van der Waals surface area (Å²) >= 11 is 0. The average molecular weight is 290 g/mol. The number of nitrogens with zero attached hydrogens (tertiary/aromatic N) is 2. The third-order valence-electron chi connectivity index (χ3n) is 5.12. The molecule has 1 aromatic rings. The van der Waals surface area contributed by atoms with Crippen molar-refractivity contribution in [1.29, 1.82) is 0 Å². The molecule has 0 aromatic heterocycles. The Labute approximate surface area is 125 Å². The van der Waals surface area contributed by atoms with Crippen molar-refractivity contribution in [3.05, 3.63) is 35.6 Å². The molecule has 0 aliphatic carbocycles. The van der Waals surface area contributed by atoms with Gasteiger partial charge in [-0.15, -0.1) is 0 Å². The first-order chi connectivity index (χ1) is 10.1. The van der Waals surface area contributed by atoms with Crippen molar-refractivity contribution in [2.24, 2.45) is 5.41 Å². The van der Waals surface area contributed by atoms with E-state index in [0.717, 1.165) is 57.5 Å². The summed E-state index contributed by atoms with van der Waals surface area (Å²) in [5.74, 6) is 0.180. The average Bonchev–Trinajstić information content (AvgIpc) is 2.81. The Bertz CT molecular complexity index is 506. The van der Waals surface area contributed by atoms with Crippen LogP contribution in [0.2, 0.25) is 0 Å². The monoisotopic (exact) mass is 290 g/mol. The Kier molecular flexibility index (Phi) is 3.98. The van der Waals surface area contributed by atoms with Crippen LogP contribution in [0.5, 0.6) is 0 Å². The van der Waals surface area contributed by atoms with Gasteiger partial charge < -0.3 is 4.90 Å². The van der Waals surface area contributed by atoms with E-state index in [0.29, 0.717) is 5.91 Å². The lowest BCUT2D eigenvalue weighted by Crippen LogP contribution is -2.44. The highest BCUT2D eigenvalue weighted by Gasteiger charge is 2.47. The molecule has 3 nitrogen and oxygen atoms in total. The molecule has 21 heavy (non-hydrogen) atoms. The maximum Gasteiger partial charge on any atom is 0.228 e. The first-order valence-corrected chi connectivity index (χ1v) is 7.89. The minimum absolute atomic E-state index is 0.0880. The Balaban J connectivity index is 1.58. The zero-order valence-electron chi connectivity index (χ0n) is 12.6. The van der Waals surface area contributed by atoms with Gasteiger partial charge in [-0.2, -0.15) is 0 Å². The van der Waals surface area contributed by atoms with E-state index in [1.165, 1.54) is 12.1 Å². The van der Waals surface area contributed by atoms with Crippen LogP contribution in [0.1, 0.15) is 31.7 Å². The second-order valence-electron chi connectivity index (χ2n) is 6.32. The van der Waals surface area contributed by atoms with E-state index >= 15 is 0 Å². The maximum absolute atomic E-state index is 12.9. The van der Waals surface area contributed by atoms with Crippen molar-refractivity contribution in [3.8, 4) is 0 Å². The van der Waals surface area contributed by atoms with E-state index in [-0.39, 0.29) is 11.2 Å². The number of amides is 1. The fraction of sp³-hybridized carbons (Fsp3) is 0.588. The second-order valence-corrected chi connectivity index (χ2v) is 6.32. The fourth-order valence-electron chi connectivity index (χ4n) is 3.65. The maximum atomic E-state index is 12.9. The molecular formula is C17H23FN2O. The van der Waals surface area contributed by atoms with E-state index in [1.807, 2.05) is 17.0 Å². The van der Waals surface area contributed by atoms with Crippen LogP contribution in [0.15, 0.2) is 24.3 Å². The molecule has 0 N–H and O–H groups in total. The summed E-state index contributed by atoms with van der Waals surface area (Å²) in [6, 6.07) is 6.72. The number of halogens is 1. The van der Waals surface area contributed by atoms with Crippen LogP contribution in [0.3, 0.4) is 0 Å². The van der Waals surface area contributed by atoms with E-state index in [9.17, 15) is 9.18 Å². The molecule has 114 valence electrons. The van der Waals surface area contributed by atoms with Gasteiger partial charge in [-0.05, 0) is 57.0 Å². The van der Waals surface area contributed by atoms with Gasteiger partial charge in [0, 0.05) is 19.6 Å². The molecule has 0 bridgehead atoms. The highest BCUT2D eigenvalue weighted by molar-refractivity contribution is 5.85. The van der Waals surface area contributed by atoms with Gasteiger partial charge in [0.15, 0.2) is 0 Å². The quantitative estimate of drug-likeness (QED) is 0.854. The Hall–Kier alpha value is -1.42. The number of hydrogen-bond donors (Lipinski definition) is 0. The minimum Gasteiger partial charge on any atom is -0.342 e. The molecule has 1 spiro atoms. The molecule has 1 aromatic carbocycles. The van der Waals surface area contributed by atoms with Gasteiger partial charge in [-0.1, -0.05) is 12.1 Å². The molecule has 2 aliphatic rings. The van der Waals surface area contributed by atoms with Crippen LogP contribution in [0.4, 0.5) is 4.39 Å². The first kappa shape index (κ1) is 14.5. The van der Waals surface area contributed by atoms with Crippen LogP contribution in [-0.4, -0.2) is 41.9 Å². The molecule has 0 atom stereocenters. The Morgan fingerprint density at radius 1 is 1.10 bits per heavy atom. The number of carbonyl (C=O) groups excluding carboxylic acids is 1. The third kappa shape index (κ3) is 2.82. The molecule has 4 heteroatoms. The minimum atomic E-state index is -0.187. The molecule has 3 rings (SSSR count). The van der Waals surface area contributed by atoms with Gasteiger partial charge in [0.2, 0.25) is 5.91 Å². The van der Waals surface area contributed by atoms with Gasteiger partial charge in [-0.25, -0.2) is 4.39 Å². The second kappa shape index (κ2) is 5.76. The first-order valence-electron chi connectivity index (χ1n) is 7.89. The number of carbonyl (C=O) groups is 1. The molecule has 2 aliphatic heterocycles. The zero-order valence-corrected chi connectivity index (χ0v) is 12.6. The highest BCUT2D eigenvalue weighted by atomic mass is 19.1. The van der Waals surface area contributed by atoms with Gasteiger partial charge in [0.1, 0.15) is 5.82 Å². The number of benzene rings is 1. The number of hydrogen-bond acceptors (Lipinski definition) is 2. The molecule has 0 unspecified atom stereocenters. The topological polar surface area (TPSA) is 23.6 Å². The standard InChI is InChI=1S/C17H23FN2O/c1-2-20-12-9-17(16(20)21)7-10-19(11-8-17)13-14-3-5-15(18)6-4-14/h3-6H,2,7-13H2,1H3. The summed E-state index contributed by atoms with van der Waals surface area (Å²) in [6.07, 6.45) is 2.94. The number of likely N-dealkylation sites (tertiary alicyclic amines) is 2. The van der Waals surface area contributed by atoms with E-state index in [1.54, 1.807) is 0 Å². The lowest BCUT2D eigenvalue weighted by atomic mass is 9.77. The van der Waals surface area contributed by atoms with Crippen LogP contribution >= 0.6 is 0 Å². The smallest absolute Gasteiger partial charge is 0.228 e. The lowest BCUT2D eigenvalue weighted by molar-refractivity contribution is -0.138. The summed E-state index contributed by atoms with van der Waals surface area (Å²) in [6.45, 7) is 6.58. The van der Waals surface area contributed by atoms with Crippen LogP contribution in [-0.2, 0) is 11.3 Å². The largest absolute Gasteiger partial charge is 0.342 e. The fourth-order valence-corrected chi connectivity index (χ4v) is 3.65. The van der Waals surface area contributed by atoms with Gasteiger partial charge in [-0.3, -0.25) is 9.69 Å². The third-order valence-corrected chi connectivity index (χ3v) is 5.12. The normalized spacial score (nSPS) is 22.2. The summed E-state index contributed by atoms with van der Waals surface area (Å²) < 4.78 is 12.9. The molecule has 0 radical (unpaired) electrons. The van der Waals surface area contributed by atoms with Gasteiger partial charge in [0.25, 0.3) is 0 Å². The van der Waals surface area contributed by atoms with Crippen molar-refractivity contribution >= 4 is 5.91 Å². The number of piperidine rings is 1. The van der Waals surface area contributed by atoms with Crippen molar-refractivity contribution in [2.45, 2.75) is 32.7 Å². The van der Waals surface area contributed by atoms with E-state index < -0.39 is 0 Å². The Morgan fingerprint density at radius 2 is 1.71 bits per heavy atom. The van der Waals surface area contributed by atoms with Crippen molar-refractivity contribution in [2.75, 3.05) is 26.2 Å². The van der Waals surface area contributed by atoms with E-state index in [2.05, 4.69) is 11.8 Å². The van der Waals surface area contributed by atoms with E-state index in [4.69, 9.17) is 0 Å². The van der Waals surface area contributed by atoms with Crippen LogP contribution in [0, 0.1) is 11.2 Å².